The fraction of sp³-hybridized carbons (Fsp3) is 0.467. The highest BCUT2D eigenvalue weighted by molar-refractivity contribution is 7.99. The van der Waals surface area contributed by atoms with Crippen LogP contribution < -0.4 is 11.1 Å². The Labute approximate surface area is 164 Å². The number of amides is 1. The first kappa shape index (κ1) is 20.7. The van der Waals surface area contributed by atoms with Gasteiger partial charge in [0.05, 0.1) is 24.1 Å². The molecule has 2 aromatic rings. The summed E-state index contributed by atoms with van der Waals surface area (Å²) in [4.78, 5) is 29.2. The third-order valence-corrected chi connectivity index (χ3v) is 5.31. The van der Waals surface area contributed by atoms with Crippen LogP contribution in [0.2, 0.25) is 0 Å². The number of thioether (sulfide) groups is 1. The first-order valence-electron chi connectivity index (χ1n) is 8.08. The summed E-state index contributed by atoms with van der Waals surface area (Å²) in [5.74, 6) is -0.602. The van der Waals surface area contributed by atoms with Crippen LogP contribution in [-0.2, 0) is 9.53 Å². The maximum atomic E-state index is 12.8. The molecule has 2 aromatic heterocycles. The predicted molar refractivity (Wildman–Crippen MR) is 102 cm³/mol. The second-order valence-corrected chi connectivity index (χ2v) is 7.17. The number of esters is 1. The van der Waals surface area contributed by atoms with E-state index in [1.165, 1.54) is 4.57 Å². The minimum Gasteiger partial charge on any atom is -0.462 e. The smallest absolute Gasteiger partial charge is 0.350 e. The quantitative estimate of drug-likeness (QED) is 0.493. The molecule has 0 spiro atoms. The van der Waals surface area contributed by atoms with E-state index < -0.39 is 12.0 Å². The zero-order valence-electron chi connectivity index (χ0n) is 15.1. The van der Waals surface area contributed by atoms with Crippen LogP contribution in [0.4, 0.5) is 11.1 Å². The molecule has 0 aromatic carbocycles. The molecule has 10 nitrogen and oxygen atoms in total. The lowest BCUT2D eigenvalue weighted by Crippen LogP contribution is -2.27. The summed E-state index contributed by atoms with van der Waals surface area (Å²) >= 11 is 2.19. The van der Waals surface area contributed by atoms with E-state index in [9.17, 15) is 9.59 Å². The maximum Gasteiger partial charge on any atom is 0.350 e. The van der Waals surface area contributed by atoms with Gasteiger partial charge in [0.15, 0.2) is 10.3 Å². The Bertz CT molecular complexity index is 871. The molecule has 0 fully saturated rings. The standard InChI is InChI=1S/C15H19N7O3S2/c1-4-9(22-13(17)20-21-15(22)26-7-6-16)11(23)19-14-18-8(3)10(27-14)12(24)25-5-2/h9H,4-5,7H2,1-3H3,(H2,17,20)(H,18,19,23). The summed E-state index contributed by atoms with van der Waals surface area (Å²) in [7, 11) is 0. The van der Waals surface area contributed by atoms with Gasteiger partial charge in [-0.05, 0) is 20.3 Å². The first-order chi connectivity index (χ1) is 12.9. The van der Waals surface area contributed by atoms with Gasteiger partial charge in [-0.3, -0.25) is 9.36 Å². The molecule has 0 bridgehead atoms. The molecule has 3 N–H and O–H groups in total. The molecule has 2 heterocycles. The number of hydrogen-bond acceptors (Lipinski definition) is 10. The molecule has 0 saturated heterocycles. The van der Waals surface area contributed by atoms with E-state index in [0.29, 0.717) is 22.1 Å². The van der Waals surface area contributed by atoms with Crippen molar-refractivity contribution in [3.05, 3.63) is 10.6 Å². The monoisotopic (exact) mass is 409 g/mol. The van der Waals surface area contributed by atoms with Crippen LogP contribution in [-0.4, -0.2) is 44.0 Å². The van der Waals surface area contributed by atoms with E-state index in [0.717, 1.165) is 23.1 Å². The van der Waals surface area contributed by atoms with Gasteiger partial charge in [-0.2, -0.15) is 5.26 Å². The molecule has 1 unspecified atom stereocenters. The van der Waals surface area contributed by atoms with Crippen LogP contribution in [0.15, 0.2) is 5.16 Å². The third-order valence-electron chi connectivity index (χ3n) is 3.45. The van der Waals surface area contributed by atoms with Crippen molar-refractivity contribution in [1.82, 2.24) is 19.7 Å². The number of rotatable bonds is 8. The number of nitriles is 1. The Hall–Kier alpha value is -2.65. The number of ether oxygens (including phenoxy) is 1. The van der Waals surface area contributed by atoms with Crippen molar-refractivity contribution in [3.8, 4) is 6.07 Å². The average molecular weight is 409 g/mol. The summed E-state index contributed by atoms with van der Waals surface area (Å²) < 4.78 is 6.47. The van der Waals surface area contributed by atoms with Crippen LogP contribution in [0.1, 0.15) is 41.7 Å². The minimum absolute atomic E-state index is 0.0833. The van der Waals surface area contributed by atoms with E-state index in [1.54, 1.807) is 13.8 Å². The summed E-state index contributed by atoms with van der Waals surface area (Å²) in [6, 6.07) is 1.31. The number of carbonyl (C=O) groups is 2. The van der Waals surface area contributed by atoms with Gasteiger partial charge in [-0.1, -0.05) is 30.0 Å². The molecule has 0 aliphatic heterocycles. The van der Waals surface area contributed by atoms with E-state index in [4.69, 9.17) is 15.7 Å². The normalized spacial score (nSPS) is 11.6. The predicted octanol–water partition coefficient (Wildman–Crippen LogP) is 2.01. The highest BCUT2D eigenvalue weighted by Crippen LogP contribution is 2.28. The number of carbonyl (C=O) groups excluding carboxylic acids is 2. The number of aromatic nitrogens is 4. The molecule has 27 heavy (non-hydrogen) atoms. The summed E-state index contributed by atoms with van der Waals surface area (Å²) in [6.07, 6.45) is 0.420. The Balaban J connectivity index is 2.22. The number of thiazole rings is 1. The van der Waals surface area contributed by atoms with Crippen LogP contribution in [0.25, 0.3) is 0 Å². The topological polar surface area (TPSA) is 149 Å². The molecule has 0 aliphatic carbocycles. The van der Waals surface area contributed by atoms with Crippen molar-refractivity contribution in [3.63, 3.8) is 0 Å². The number of nitrogens with two attached hydrogens (primary N) is 1. The Kier molecular flexibility index (Phi) is 7.14. The Morgan fingerprint density at radius 3 is 2.81 bits per heavy atom. The second kappa shape index (κ2) is 9.33. The number of aryl methyl sites for hydroxylation is 1. The van der Waals surface area contributed by atoms with E-state index >= 15 is 0 Å². The van der Waals surface area contributed by atoms with Crippen molar-refractivity contribution in [1.29, 1.82) is 5.26 Å². The summed E-state index contributed by atoms with van der Waals surface area (Å²) in [5, 5.41) is 19.8. The average Bonchev–Trinajstić information content (AvgIpc) is 3.17. The zero-order valence-corrected chi connectivity index (χ0v) is 16.7. The number of hydrogen-bond donors (Lipinski definition) is 2. The van der Waals surface area contributed by atoms with Gasteiger partial charge in [0.1, 0.15) is 10.9 Å². The Morgan fingerprint density at radius 2 is 2.19 bits per heavy atom. The lowest BCUT2D eigenvalue weighted by Gasteiger charge is -2.17. The van der Waals surface area contributed by atoms with Crippen LogP contribution >= 0.6 is 23.1 Å². The van der Waals surface area contributed by atoms with Gasteiger partial charge in [0, 0.05) is 0 Å². The number of nitrogens with one attached hydrogen (secondary N) is 1. The molecule has 12 heteroatoms. The molecule has 2 rings (SSSR count). The van der Waals surface area contributed by atoms with Crippen molar-refractivity contribution >= 4 is 46.1 Å². The molecule has 0 aliphatic rings. The molecule has 0 saturated carbocycles. The van der Waals surface area contributed by atoms with Gasteiger partial charge in [0.25, 0.3) is 0 Å². The van der Waals surface area contributed by atoms with Crippen molar-refractivity contribution in [2.24, 2.45) is 0 Å². The lowest BCUT2D eigenvalue weighted by atomic mass is 10.2. The fourth-order valence-electron chi connectivity index (χ4n) is 2.29. The van der Waals surface area contributed by atoms with Gasteiger partial charge < -0.3 is 15.8 Å². The number of nitrogen functional groups attached to an aromatic ring is 1. The summed E-state index contributed by atoms with van der Waals surface area (Å²) in [5.41, 5.74) is 6.34. The van der Waals surface area contributed by atoms with Gasteiger partial charge >= 0.3 is 5.97 Å². The van der Waals surface area contributed by atoms with Gasteiger partial charge in [-0.25, -0.2) is 9.78 Å². The fourth-order valence-corrected chi connectivity index (χ4v) is 3.80. The van der Waals surface area contributed by atoms with Crippen molar-refractivity contribution in [2.75, 3.05) is 23.4 Å². The third kappa shape index (κ3) is 4.75. The maximum absolute atomic E-state index is 12.8. The molecule has 1 atom stereocenters. The molecule has 144 valence electrons. The number of anilines is 2. The van der Waals surface area contributed by atoms with E-state index in [2.05, 4.69) is 20.5 Å². The van der Waals surface area contributed by atoms with E-state index in [-0.39, 0.29) is 29.3 Å². The minimum atomic E-state index is -0.684. The van der Waals surface area contributed by atoms with Crippen LogP contribution in [0.5, 0.6) is 0 Å². The molecular formula is C15H19N7O3S2. The van der Waals surface area contributed by atoms with Crippen molar-refractivity contribution in [2.45, 2.75) is 38.4 Å². The first-order valence-corrected chi connectivity index (χ1v) is 9.88. The molecule has 0 radical (unpaired) electrons. The SMILES string of the molecule is CCOC(=O)c1sc(NC(=O)C(CC)n2c(N)nnc2SCC#N)nc1C. The lowest BCUT2D eigenvalue weighted by molar-refractivity contribution is -0.119. The number of nitrogens with zero attached hydrogens (tertiary/aromatic N) is 5. The summed E-state index contributed by atoms with van der Waals surface area (Å²) in [6.45, 7) is 5.46. The van der Waals surface area contributed by atoms with Gasteiger partial charge in [-0.15, -0.1) is 10.2 Å². The van der Waals surface area contributed by atoms with E-state index in [1.807, 2.05) is 13.0 Å². The van der Waals surface area contributed by atoms with Crippen molar-refractivity contribution < 1.29 is 14.3 Å². The zero-order chi connectivity index (χ0) is 20.0. The van der Waals surface area contributed by atoms with Crippen LogP contribution in [0.3, 0.4) is 0 Å². The molecule has 1 amide bonds. The highest BCUT2D eigenvalue weighted by atomic mass is 32.2. The largest absolute Gasteiger partial charge is 0.462 e. The molecular weight excluding hydrogens is 390 g/mol. The van der Waals surface area contributed by atoms with Gasteiger partial charge in [0.2, 0.25) is 11.9 Å². The Morgan fingerprint density at radius 1 is 1.44 bits per heavy atom. The van der Waals surface area contributed by atoms with Crippen LogP contribution in [0, 0.1) is 18.3 Å². The highest BCUT2D eigenvalue weighted by Gasteiger charge is 2.26. The second-order valence-electron chi connectivity index (χ2n) is 5.22.